The molecule has 14 heavy (non-hydrogen) atoms. The number of carbonyl (C=O) groups excluding carboxylic acids is 2. The van der Waals surface area contributed by atoms with Gasteiger partial charge in [-0.1, -0.05) is 0 Å². The Morgan fingerprint density at radius 2 is 1.71 bits per heavy atom. The maximum atomic E-state index is 10.8. The van der Waals surface area contributed by atoms with E-state index in [9.17, 15) is 19.5 Å². The summed E-state index contributed by atoms with van der Waals surface area (Å²) in [5.74, 6) is -3.60. The van der Waals surface area contributed by atoms with Crippen molar-refractivity contribution in [2.75, 3.05) is 0 Å². The molecule has 1 rings (SSSR count). The lowest BCUT2D eigenvalue weighted by Crippen LogP contribution is -2.43. The van der Waals surface area contributed by atoms with Crippen LogP contribution in [0.1, 0.15) is 12.8 Å². The Morgan fingerprint density at radius 1 is 1.29 bits per heavy atom. The van der Waals surface area contributed by atoms with Gasteiger partial charge in [-0.15, -0.1) is 0 Å². The molecule has 0 saturated carbocycles. The molecule has 78 valence electrons. The van der Waals surface area contributed by atoms with E-state index in [2.05, 4.69) is 8.37 Å². The summed E-state index contributed by atoms with van der Waals surface area (Å²) >= 11 is 0.155. The number of carboxylic acids is 1. The molecule has 2 N–H and O–H groups in total. The zero-order chi connectivity index (χ0) is 10.8. The second-order valence-corrected chi connectivity index (χ2v) is 3.14. The minimum atomic E-state index is -2.45. The second kappa shape index (κ2) is 3.84. The Hall–Kier alpha value is -1.28. The normalized spacial score (nSPS) is 21.5. The van der Waals surface area contributed by atoms with Gasteiger partial charge in [-0.05, 0) is 0 Å². The van der Waals surface area contributed by atoms with Crippen LogP contribution >= 0.6 is 12.3 Å². The zero-order valence-electron chi connectivity index (χ0n) is 6.76. The number of aliphatic carboxylic acids is 1. The maximum absolute atomic E-state index is 10.8. The molecule has 1 saturated heterocycles. The summed E-state index contributed by atoms with van der Waals surface area (Å²) in [6, 6.07) is 0. The molecule has 1 aliphatic heterocycles. The van der Waals surface area contributed by atoms with Crippen molar-refractivity contribution in [3.63, 3.8) is 0 Å². The molecule has 0 unspecified atom stereocenters. The van der Waals surface area contributed by atoms with Crippen LogP contribution < -0.4 is 0 Å². The highest BCUT2D eigenvalue weighted by molar-refractivity contribution is 7.90. The van der Waals surface area contributed by atoms with Crippen molar-refractivity contribution in [1.29, 1.82) is 0 Å². The first-order valence-electron chi connectivity index (χ1n) is 3.47. The van der Waals surface area contributed by atoms with Gasteiger partial charge in [0.15, 0.2) is 5.60 Å². The van der Waals surface area contributed by atoms with Crippen LogP contribution in [0.15, 0.2) is 0 Å². The predicted molar refractivity (Wildman–Crippen MR) is 41.6 cm³/mol. The van der Waals surface area contributed by atoms with Crippen LogP contribution in [0.2, 0.25) is 0 Å². The average Bonchev–Trinajstić information content (AvgIpc) is 2.00. The Balaban J connectivity index is 2.84. The fourth-order valence-electron chi connectivity index (χ4n) is 0.843. The van der Waals surface area contributed by atoms with Gasteiger partial charge in [0.05, 0.1) is 12.8 Å². The van der Waals surface area contributed by atoms with Crippen LogP contribution in [0.25, 0.3) is 0 Å². The van der Waals surface area contributed by atoms with E-state index in [1.165, 1.54) is 0 Å². The zero-order valence-corrected chi connectivity index (χ0v) is 7.57. The molecule has 8 heteroatoms. The van der Waals surface area contributed by atoms with Gasteiger partial charge in [0, 0.05) is 0 Å². The molecule has 0 atom stereocenters. The van der Waals surface area contributed by atoms with Crippen molar-refractivity contribution in [3.8, 4) is 0 Å². The monoisotopic (exact) mass is 222 g/mol. The van der Waals surface area contributed by atoms with E-state index in [4.69, 9.17) is 5.11 Å². The largest absolute Gasteiger partial charge is 0.479 e. The fraction of sp³-hybridized carbons (Fsp3) is 0.500. The lowest BCUT2D eigenvalue weighted by Gasteiger charge is -2.22. The van der Waals surface area contributed by atoms with Gasteiger partial charge in [0.2, 0.25) is 0 Å². The second-order valence-electron chi connectivity index (χ2n) is 2.67. The van der Waals surface area contributed by atoms with E-state index in [1.54, 1.807) is 0 Å². The summed E-state index contributed by atoms with van der Waals surface area (Å²) in [4.78, 5) is 32.2. The topological polar surface area (TPSA) is 110 Å². The highest BCUT2D eigenvalue weighted by Gasteiger charge is 2.43. The minimum Gasteiger partial charge on any atom is -0.479 e. The highest BCUT2D eigenvalue weighted by atomic mass is 32.2. The summed E-state index contributed by atoms with van der Waals surface area (Å²) in [6.07, 6.45) is -1.57. The Bertz CT molecular complexity index is 268. The molecule has 0 amide bonds. The fourth-order valence-corrected chi connectivity index (χ4v) is 1.15. The van der Waals surface area contributed by atoms with Crippen LogP contribution in [0, 0.1) is 0 Å². The SMILES string of the molecule is O=C1CC(O)(C(=O)O)CC(=O)OSO1. The van der Waals surface area contributed by atoms with Crippen LogP contribution in [0.4, 0.5) is 0 Å². The smallest absolute Gasteiger partial charge is 0.336 e. The molecule has 7 nitrogen and oxygen atoms in total. The molecule has 1 heterocycles. The van der Waals surface area contributed by atoms with Gasteiger partial charge in [0.1, 0.15) is 0 Å². The number of carboxylic acid groups (broad SMARTS) is 1. The van der Waals surface area contributed by atoms with Gasteiger partial charge in [0.25, 0.3) is 12.3 Å². The van der Waals surface area contributed by atoms with Gasteiger partial charge in [-0.2, -0.15) is 0 Å². The van der Waals surface area contributed by atoms with Gasteiger partial charge < -0.3 is 18.6 Å². The van der Waals surface area contributed by atoms with Crippen LogP contribution in [-0.2, 0) is 22.7 Å². The molecule has 1 fully saturated rings. The standard InChI is InChI=1S/C6H6O7S/c7-3-1-6(11,5(9)10)2-4(8)13-14-12-3/h11H,1-2H2,(H,9,10). The van der Waals surface area contributed by atoms with Crippen LogP contribution in [0.5, 0.6) is 0 Å². The van der Waals surface area contributed by atoms with Crippen molar-refractivity contribution in [3.05, 3.63) is 0 Å². The lowest BCUT2D eigenvalue weighted by molar-refractivity contribution is -0.170. The molecule has 0 aromatic rings. The first-order valence-corrected chi connectivity index (χ1v) is 4.13. The summed E-state index contributed by atoms with van der Waals surface area (Å²) < 4.78 is 8.42. The molecule has 0 bridgehead atoms. The lowest BCUT2D eigenvalue weighted by atomic mass is 9.96. The minimum absolute atomic E-state index is 0.155. The molecule has 0 radical (unpaired) electrons. The van der Waals surface area contributed by atoms with E-state index < -0.39 is 36.4 Å². The Morgan fingerprint density at radius 3 is 2.07 bits per heavy atom. The first-order chi connectivity index (χ1) is 6.44. The van der Waals surface area contributed by atoms with Crippen molar-refractivity contribution < 1.29 is 33.0 Å². The predicted octanol–water partition coefficient (Wildman–Crippen LogP) is -0.755. The van der Waals surface area contributed by atoms with Crippen molar-refractivity contribution in [2.45, 2.75) is 18.4 Å². The molecule has 0 spiro atoms. The van der Waals surface area contributed by atoms with E-state index in [-0.39, 0.29) is 12.3 Å². The number of carbonyl (C=O) groups is 3. The van der Waals surface area contributed by atoms with E-state index in [0.29, 0.717) is 0 Å². The molecule has 1 aliphatic rings. The summed E-state index contributed by atoms with van der Waals surface area (Å²) in [6.45, 7) is 0. The molecular formula is C6H6O7S. The van der Waals surface area contributed by atoms with E-state index in [1.807, 2.05) is 0 Å². The van der Waals surface area contributed by atoms with E-state index in [0.717, 1.165) is 0 Å². The number of aliphatic hydroxyl groups is 1. The molecule has 0 aliphatic carbocycles. The number of rotatable bonds is 1. The summed E-state index contributed by atoms with van der Waals surface area (Å²) in [5, 5.41) is 18.0. The molecule has 0 aromatic heterocycles. The van der Waals surface area contributed by atoms with Crippen molar-refractivity contribution >= 4 is 30.2 Å². The quantitative estimate of drug-likeness (QED) is 0.557. The number of hydrogen-bond acceptors (Lipinski definition) is 7. The Labute approximate surface area is 82.4 Å². The maximum Gasteiger partial charge on any atom is 0.336 e. The number of hydrogen-bond donors (Lipinski definition) is 2. The highest BCUT2D eigenvalue weighted by Crippen LogP contribution is 2.23. The Kier molecular flexibility index (Phi) is 2.96. The third-order valence-corrected chi connectivity index (χ3v) is 2.03. The average molecular weight is 222 g/mol. The third-order valence-electron chi connectivity index (χ3n) is 1.53. The third kappa shape index (κ3) is 2.36. The molecule has 0 aromatic carbocycles. The van der Waals surface area contributed by atoms with Gasteiger partial charge in [-0.25, -0.2) is 4.79 Å². The van der Waals surface area contributed by atoms with Gasteiger partial charge in [-0.3, -0.25) is 9.59 Å². The van der Waals surface area contributed by atoms with Crippen molar-refractivity contribution in [2.24, 2.45) is 0 Å². The van der Waals surface area contributed by atoms with Crippen LogP contribution in [-0.4, -0.2) is 33.7 Å². The van der Waals surface area contributed by atoms with Crippen LogP contribution in [0.3, 0.4) is 0 Å². The van der Waals surface area contributed by atoms with Gasteiger partial charge >= 0.3 is 17.9 Å². The summed E-state index contributed by atoms with van der Waals surface area (Å²) in [5.41, 5.74) is -2.45. The molecular weight excluding hydrogens is 216 g/mol. The van der Waals surface area contributed by atoms with Crippen molar-refractivity contribution in [1.82, 2.24) is 0 Å². The van der Waals surface area contributed by atoms with E-state index >= 15 is 0 Å². The summed E-state index contributed by atoms with van der Waals surface area (Å²) in [7, 11) is 0. The first kappa shape index (κ1) is 10.8.